The highest BCUT2D eigenvalue weighted by molar-refractivity contribution is 6.45. The number of aromatic nitrogens is 1. The molecule has 0 radical (unpaired) electrons. The Hall–Kier alpha value is -4.73. The Bertz CT molecular complexity index is 1350. The molecule has 0 bridgehead atoms. The number of carbonyl (C=O) groups is 5. The number of aromatic amines is 1. The molecule has 1 saturated heterocycles. The molecule has 1 aliphatic heterocycles. The fraction of sp³-hybridized carbons (Fsp3) is 0.160. The highest BCUT2D eigenvalue weighted by Gasteiger charge is 2.35. The lowest BCUT2D eigenvalue weighted by molar-refractivity contribution is -0.147. The number of Topliss-reactive ketones (excluding diaryl/α,β-unsaturated/α-hetero) is 1. The molecular formula is C25H22N4O6. The summed E-state index contributed by atoms with van der Waals surface area (Å²) in [7, 11) is 0. The third kappa shape index (κ3) is 4.54. The number of piperazine rings is 1. The third-order valence-corrected chi connectivity index (χ3v) is 5.86. The van der Waals surface area contributed by atoms with E-state index in [2.05, 4.69) is 16.9 Å². The number of amides is 3. The number of carboxylic acids is 1. The summed E-state index contributed by atoms with van der Waals surface area (Å²) in [6.07, 6.45) is 2.88. The van der Waals surface area contributed by atoms with Crippen molar-refractivity contribution in [1.29, 1.82) is 0 Å². The SMILES string of the molecule is C=CC1CN(C(=O)c2ccccc2)CCN1C(=O)C(=O)c1c[nH]c2c(NC(=O)C(=O)O)cccc12. The summed E-state index contributed by atoms with van der Waals surface area (Å²) in [5.74, 6) is -4.56. The van der Waals surface area contributed by atoms with Gasteiger partial charge in [-0.2, -0.15) is 0 Å². The van der Waals surface area contributed by atoms with Crippen LogP contribution in [0.25, 0.3) is 10.9 Å². The first-order valence-corrected chi connectivity index (χ1v) is 10.8. The van der Waals surface area contributed by atoms with E-state index >= 15 is 0 Å². The molecule has 10 heteroatoms. The van der Waals surface area contributed by atoms with E-state index in [9.17, 15) is 24.0 Å². The fourth-order valence-electron chi connectivity index (χ4n) is 4.08. The second-order valence-corrected chi connectivity index (χ2v) is 7.94. The number of fused-ring (bicyclic) bond motifs is 1. The van der Waals surface area contributed by atoms with Crippen molar-refractivity contribution < 1.29 is 29.1 Å². The monoisotopic (exact) mass is 474 g/mol. The first-order valence-electron chi connectivity index (χ1n) is 10.8. The molecule has 1 aliphatic rings. The van der Waals surface area contributed by atoms with E-state index in [4.69, 9.17) is 5.11 Å². The van der Waals surface area contributed by atoms with Crippen LogP contribution in [0, 0.1) is 0 Å². The zero-order valence-electron chi connectivity index (χ0n) is 18.6. The van der Waals surface area contributed by atoms with Gasteiger partial charge in [0.05, 0.1) is 22.8 Å². The van der Waals surface area contributed by atoms with Crippen LogP contribution in [-0.2, 0) is 14.4 Å². The van der Waals surface area contributed by atoms with Gasteiger partial charge in [-0.1, -0.05) is 36.4 Å². The van der Waals surface area contributed by atoms with Crippen LogP contribution in [0.3, 0.4) is 0 Å². The van der Waals surface area contributed by atoms with Gasteiger partial charge in [0.2, 0.25) is 0 Å². The quantitative estimate of drug-likeness (QED) is 0.293. The lowest BCUT2D eigenvalue weighted by Gasteiger charge is -2.39. The Morgan fingerprint density at radius 2 is 1.77 bits per heavy atom. The van der Waals surface area contributed by atoms with Crippen molar-refractivity contribution in [2.75, 3.05) is 25.0 Å². The van der Waals surface area contributed by atoms with Crippen LogP contribution in [0.5, 0.6) is 0 Å². The number of nitrogens with zero attached hydrogens (tertiary/aromatic N) is 2. The van der Waals surface area contributed by atoms with Crippen LogP contribution in [-0.4, -0.2) is 75.0 Å². The Balaban J connectivity index is 1.53. The van der Waals surface area contributed by atoms with Gasteiger partial charge in [-0.25, -0.2) is 4.79 Å². The molecule has 2 heterocycles. The number of anilines is 1. The molecule has 10 nitrogen and oxygen atoms in total. The van der Waals surface area contributed by atoms with Gasteiger partial charge in [-0.15, -0.1) is 6.58 Å². The van der Waals surface area contributed by atoms with E-state index in [1.54, 1.807) is 35.2 Å². The lowest BCUT2D eigenvalue weighted by Crippen LogP contribution is -2.57. The molecular weight excluding hydrogens is 452 g/mol. The van der Waals surface area contributed by atoms with Crippen molar-refractivity contribution >= 4 is 46.1 Å². The van der Waals surface area contributed by atoms with E-state index in [1.807, 2.05) is 6.07 Å². The molecule has 1 aromatic heterocycles. The zero-order chi connectivity index (χ0) is 25.1. The number of aliphatic carboxylic acids is 1. The Morgan fingerprint density at radius 3 is 2.46 bits per heavy atom. The van der Waals surface area contributed by atoms with Gasteiger partial charge in [0.15, 0.2) is 0 Å². The highest BCUT2D eigenvalue weighted by Crippen LogP contribution is 2.27. The summed E-state index contributed by atoms with van der Waals surface area (Å²) in [6, 6.07) is 12.9. The predicted octanol–water partition coefficient (Wildman–Crippen LogP) is 1.91. The molecule has 3 N–H and O–H groups in total. The molecule has 0 saturated carbocycles. The van der Waals surface area contributed by atoms with Gasteiger partial charge in [-0.3, -0.25) is 19.2 Å². The number of rotatable bonds is 5. The van der Waals surface area contributed by atoms with E-state index in [1.165, 1.54) is 29.3 Å². The highest BCUT2D eigenvalue weighted by atomic mass is 16.4. The van der Waals surface area contributed by atoms with E-state index in [0.29, 0.717) is 16.5 Å². The minimum Gasteiger partial charge on any atom is -0.474 e. The summed E-state index contributed by atoms with van der Waals surface area (Å²) in [6.45, 7) is 4.39. The molecule has 3 aromatic rings. The number of hydrogen-bond donors (Lipinski definition) is 3. The molecule has 0 aliphatic carbocycles. The smallest absolute Gasteiger partial charge is 0.394 e. The molecule has 0 spiro atoms. The first kappa shape index (κ1) is 23.4. The van der Waals surface area contributed by atoms with Crippen molar-refractivity contribution in [3.05, 3.63) is 78.5 Å². The second-order valence-electron chi connectivity index (χ2n) is 7.94. The van der Waals surface area contributed by atoms with Crippen LogP contribution in [0.1, 0.15) is 20.7 Å². The maximum atomic E-state index is 13.2. The van der Waals surface area contributed by atoms with Crippen molar-refractivity contribution in [3.8, 4) is 0 Å². The Labute approximate surface area is 199 Å². The third-order valence-electron chi connectivity index (χ3n) is 5.86. The van der Waals surface area contributed by atoms with Crippen LogP contribution < -0.4 is 5.32 Å². The van der Waals surface area contributed by atoms with Crippen molar-refractivity contribution in [1.82, 2.24) is 14.8 Å². The Kier molecular flexibility index (Phi) is 6.45. The number of benzene rings is 2. The molecule has 2 aromatic carbocycles. The number of hydrogen-bond acceptors (Lipinski definition) is 5. The van der Waals surface area contributed by atoms with Gasteiger partial charge < -0.3 is 25.2 Å². The minimum atomic E-state index is -1.65. The normalized spacial score (nSPS) is 15.5. The Morgan fingerprint density at radius 1 is 1.03 bits per heavy atom. The maximum absolute atomic E-state index is 13.2. The van der Waals surface area contributed by atoms with Gasteiger partial charge >= 0.3 is 11.9 Å². The van der Waals surface area contributed by atoms with Gasteiger partial charge in [-0.05, 0) is 18.2 Å². The topological polar surface area (TPSA) is 140 Å². The first-order chi connectivity index (χ1) is 16.8. The average Bonchev–Trinajstić information content (AvgIpc) is 3.32. The fourth-order valence-corrected chi connectivity index (χ4v) is 4.08. The summed E-state index contributed by atoms with van der Waals surface area (Å²) in [5, 5.41) is 11.4. The van der Waals surface area contributed by atoms with Gasteiger partial charge in [0.25, 0.3) is 17.6 Å². The van der Waals surface area contributed by atoms with E-state index in [-0.39, 0.29) is 36.8 Å². The van der Waals surface area contributed by atoms with E-state index in [0.717, 1.165) is 0 Å². The minimum absolute atomic E-state index is 0.0852. The largest absolute Gasteiger partial charge is 0.474 e. The average molecular weight is 474 g/mol. The summed E-state index contributed by atoms with van der Waals surface area (Å²) in [5.41, 5.74) is 1.10. The number of ketones is 1. The number of carbonyl (C=O) groups excluding carboxylic acids is 4. The lowest BCUT2D eigenvalue weighted by atomic mass is 10.0. The number of H-pyrrole nitrogens is 1. The molecule has 178 valence electrons. The number of carboxylic acid groups (broad SMARTS) is 1. The summed E-state index contributed by atoms with van der Waals surface area (Å²) >= 11 is 0. The standard InChI is InChI=1S/C25H22N4O6/c1-2-16-14-28(23(32)15-7-4-3-5-8-15)11-12-29(16)24(33)21(30)18-13-26-20-17(18)9-6-10-19(20)27-22(31)25(34)35/h2-10,13,16,26H,1,11-12,14H2,(H,27,31)(H,34,35). The molecule has 3 amide bonds. The predicted molar refractivity (Wildman–Crippen MR) is 127 cm³/mol. The zero-order valence-corrected chi connectivity index (χ0v) is 18.6. The molecule has 35 heavy (non-hydrogen) atoms. The maximum Gasteiger partial charge on any atom is 0.394 e. The van der Waals surface area contributed by atoms with Crippen LogP contribution in [0.15, 0.2) is 67.4 Å². The molecule has 4 rings (SSSR count). The summed E-state index contributed by atoms with van der Waals surface area (Å²) < 4.78 is 0. The molecule has 1 fully saturated rings. The van der Waals surface area contributed by atoms with Crippen molar-refractivity contribution in [3.63, 3.8) is 0 Å². The molecule has 1 unspecified atom stereocenters. The van der Waals surface area contributed by atoms with Crippen molar-refractivity contribution in [2.24, 2.45) is 0 Å². The van der Waals surface area contributed by atoms with Gasteiger partial charge in [0, 0.05) is 36.8 Å². The van der Waals surface area contributed by atoms with E-state index < -0.39 is 29.6 Å². The van der Waals surface area contributed by atoms with Gasteiger partial charge in [0.1, 0.15) is 0 Å². The number of nitrogens with one attached hydrogen (secondary N) is 2. The van der Waals surface area contributed by atoms with Crippen LogP contribution in [0.2, 0.25) is 0 Å². The summed E-state index contributed by atoms with van der Waals surface area (Å²) in [4.78, 5) is 67.4. The van der Waals surface area contributed by atoms with Crippen LogP contribution in [0.4, 0.5) is 5.69 Å². The van der Waals surface area contributed by atoms with Crippen molar-refractivity contribution in [2.45, 2.75) is 6.04 Å². The molecule has 1 atom stereocenters. The second kappa shape index (κ2) is 9.64. The number of para-hydroxylation sites is 1. The van der Waals surface area contributed by atoms with Crippen LogP contribution >= 0.6 is 0 Å².